The number of anilines is 1. The Bertz CT molecular complexity index is 1280. The number of carbonyl (C=O) groups is 2. The summed E-state index contributed by atoms with van der Waals surface area (Å²) in [6.45, 7) is 0.154. The molecule has 0 saturated carbocycles. The molecule has 0 aliphatic rings. The molecule has 190 valence electrons. The molecule has 36 heavy (non-hydrogen) atoms. The summed E-state index contributed by atoms with van der Waals surface area (Å²) in [6.07, 6.45) is 3.07. The lowest BCUT2D eigenvalue weighted by atomic mass is 10.2. The molecule has 0 spiro atoms. The minimum absolute atomic E-state index is 0.0433. The lowest BCUT2D eigenvalue weighted by Crippen LogP contribution is -2.22. The van der Waals surface area contributed by atoms with E-state index in [0.29, 0.717) is 27.5 Å². The SMILES string of the molecule is COc1ccc(/C=C/C(=O)NCc2nnc(SCC(=O)Nc3c(Cl)cc(Cl)cc3Cl)n2C)cc1OC. The number of nitrogens with zero attached hydrogens (tertiary/aromatic N) is 3. The first kappa shape index (κ1) is 27.7. The molecule has 1 aromatic heterocycles. The van der Waals surface area contributed by atoms with Gasteiger partial charge >= 0.3 is 0 Å². The Labute approximate surface area is 227 Å². The number of amides is 2. The van der Waals surface area contributed by atoms with Crippen molar-refractivity contribution in [2.75, 3.05) is 25.3 Å². The van der Waals surface area contributed by atoms with E-state index in [2.05, 4.69) is 20.8 Å². The fourth-order valence-corrected chi connectivity index (χ4v) is 4.59. The van der Waals surface area contributed by atoms with Gasteiger partial charge in [0.2, 0.25) is 11.8 Å². The molecule has 0 unspecified atom stereocenters. The molecule has 2 N–H and O–H groups in total. The van der Waals surface area contributed by atoms with Crippen molar-refractivity contribution in [2.24, 2.45) is 7.05 Å². The maximum atomic E-state index is 12.4. The summed E-state index contributed by atoms with van der Waals surface area (Å²) < 4.78 is 12.2. The molecule has 0 saturated heterocycles. The lowest BCUT2D eigenvalue weighted by Gasteiger charge is -2.09. The average Bonchev–Trinajstić information content (AvgIpc) is 3.21. The molecule has 2 amide bonds. The largest absolute Gasteiger partial charge is 0.493 e. The minimum atomic E-state index is -0.329. The van der Waals surface area contributed by atoms with Crippen molar-refractivity contribution >= 4 is 70.1 Å². The fourth-order valence-electron chi connectivity index (χ4n) is 2.95. The number of aromatic nitrogens is 3. The van der Waals surface area contributed by atoms with Crippen LogP contribution in [0.4, 0.5) is 5.69 Å². The highest BCUT2D eigenvalue weighted by Crippen LogP contribution is 2.34. The Morgan fingerprint density at radius 2 is 1.75 bits per heavy atom. The van der Waals surface area contributed by atoms with Crippen molar-refractivity contribution in [3.05, 3.63) is 62.9 Å². The molecule has 1 heterocycles. The van der Waals surface area contributed by atoms with Gasteiger partial charge in [0.05, 0.1) is 42.2 Å². The smallest absolute Gasteiger partial charge is 0.244 e. The highest BCUT2D eigenvalue weighted by molar-refractivity contribution is 7.99. The number of halogens is 3. The number of hydrogen-bond donors (Lipinski definition) is 2. The first-order valence-corrected chi connectivity index (χ1v) is 12.5. The van der Waals surface area contributed by atoms with Crippen LogP contribution in [0.25, 0.3) is 6.08 Å². The normalized spacial score (nSPS) is 10.9. The second kappa shape index (κ2) is 12.9. The highest BCUT2D eigenvalue weighted by atomic mass is 35.5. The molecule has 3 rings (SSSR count). The van der Waals surface area contributed by atoms with Crippen LogP contribution in [-0.2, 0) is 23.2 Å². The minimum Gasteiger partial charge on any atom is -0.493 e. The summed E-state index contributed by atoms with van der Waals surface area (Å²) in [6, 6.07) is 8.31. The Balaban J connectivity index is 1.52. The van der Waals surface area contributed by atoms with E-state index in [0.717, 1.165) is 5.56 Å². The van der Waals surface area contributed by atoms with Crippen molar-refractivity contribution in [3.8, 4) is 11.5 Å². The third kappa shape index (κ3) is 7.30. The summed E-state index contributed by atoms with van der Waals surface area (Å²) in [5, 5.41) is 14.9. The summed E-state index contributed by atoms with van der Waals surface area (Å²) in [4.78, 5) is 24.6. The van der Waals surface area contributed by atoms with Gasteiger partial charge < -0.3 is 24.7 Å². The molecular weight excluding hydrogens is 549 g/mol. The van der Waals surface area contributed by atoms with Gasteiger partial charge in [-0.3, -0.25) is 9.59 Å². The second-order valence-electron chi connectivity index (χ2n) is 7.20. The number of thioether (sulfide) groups is 1. The summed E-state index contributed by atoms with van der Waals surface area (Å²) >= 11 is 19.3. The zero-order valence-corrected chi connectivity index (χ0v) is 22.6. The quantitative estimate of drug-likeness (QED) is 0.265. The Morgan fingerprint density at radius 3 is 2.42 bits per heavy atom. The maximum Gasteiger partial charge on any atom is 0.244 e. The third-order valence-electron chi connectivity index (χ3n) is 4.78. The number of benzene rings is 2. The Morgan fingerprint density at radius 1 is 1.06 bits per heavy atom. The average molecular weight is 571 g/mol. The van der Waals surface area contributed by atoms with Crippen LogP contribution in [0.1, 0.15) is 11.4 Å². The lowest BCUT2D eigenvalue weighted by molar-refractivity contribution is -0.116. The van der Waals surface area contributed by atoms with Gasteiger partial charge in [-0.15, -0.1) is 10.2 Å². The van der Waals surface area contributed by atoms with Crippen molar-refractivity contribution in [1.82, 2.24) is 20.1 Å². The van der Waals surface area contributed by atoms with Gasteiger partial charge in [0.1, 0.15) is 0 Å². The number of ether oxygens (including phenoxy) is 2. The van der Waals surface area contributed by atoms with E-state index in [9.17, 15) is 9.59 Å². The molecule has 0 atom stereocenters. The van der Waals surface area contributed by atoms with E-state index >= 15 is 0 Å². The van der Waals surface area contributed by atoms with Crippen LogP contribution in [0.5, 0.6) is 11.5 Å². The van der Waals surface area contributed by atoms with Crippen LogP contribution in [0.3, 0.4) is 0 Å². The standard InChI is InChI=1S/C23H22Cl3N5O4S/c1-31-19(11-27-20(32)7-5-13-4-6-17(34-2)18(8-13)35-3)29-30-23(31)36-12-21(33)28-22-15(25)9-14(24)10-16(22)26/h4-10H,11-12H2,1-3H3,(H,27,32)(H,28,33)/b7-5+. The first-order valence-electron chi connectivity index (χ1n) is 10.3. The number of methoxy groups -OCH3 is 2. The molecule has 0 radical (unpaired) electrons. The van der Waals surface area contributed by atoms with Crippen molar-refractivity contribution < 1.29 is 19.1 Å². The molecule has 2 aromatic carbocycles. The predicted octanol–water partition coefficient (Wildman–Crippen LogP) is 4.85. The van der Waals surface area contributed by atoms with Crippen LogP contribution in [-0.4, -0.2) is 46.6 Å². The summed E-state index contributed by atoms with van der Waals surface area (Å²) in [5.41, 5.74) is 1.07. The van der Waals surface area contributed by atoms with E-state index < -0.39 is 0 Å². The van der Waals surface area contributed by atoms with Gasteiger partial charge in [0.15, 0.2) is 22.5 Å². The Hall–Kier alpha value is -2.92. The monoisotopic (exact) mass is 569 g/mol. The van der Waals surface area contributed by atoms with Gasteiger partial charge in [-0.05, 0) is 35.9 Å². The number of carbonyl (C=O) groups excluding carboxylic acids is 2. The molecule has 0 aliphatic carbocycles. The molecule has 3 aromatic rings. The van der Waals surface area contributed by atoms with Crippen molar-refractivity contribution in [3.63, 3.8) is 0 Å². The molecular formula is C23H22Cl3N5O4S. The van der Waals surface area contributed by atoms with Crippen molar-refractivity contribution in [1.29, 1.82) is 0 Å². The zero-order valence-electron chi connectivity index (χ0n) is 19.5. The second-order valence-corrected chi connectivity index (χ2v) is 9.40. The highest BCUT2D eigenvalue weighted by Gasteiger charge is 2.15. The van der Waals surface area contributed by atoms with Crippen LogP contribution in [0.15, 0.2) is 41.6 Å². The maximum absolute atomic E-state index is 12.4. The third-order valence-corrected chi connectivity index (χ3v) is 6.62. The van der Waals surface area contributed by atoms with Crippen LogP contribution in [0.2, 0.25) is 15.1 Å². The van der Waals surface area contributed by atoms with Crippen LogP contribution < -0.4 is 20.1 Å². The van der Waals surface area contributed by atoms with E-state index in [-0.39, 0.29) is 39.8 Å². The summed E-state index contributed by atoms with van der Waals surface area (Å²) in [5.74, 6) is 1.10. The predicted molar refractivity (Wildman–Crippen MR) is 142 cm³/mol. The van der Waals surface area contributed by atoms with Gasteiger partial charge in [0, 0.05) is 18.1 Å². The summed E-state index contributed by atoms with van der Waals surface area (Å²) in [7, 11) is 4.84. The molecule has 9 nitrogen and oxygen atoms in total. The molecule has 0 fully saturated rings. The topological polar surface area (TPSA) is 107 Å². The van der Waals surface area contributed by atoms with E-state index in [4.69, 9.17) is 44.3 Å². The first-order chi connectivity index (χ1) is 17.2. The number of nitrogens with one attached hydrogen (secondary N) is 2. The Kier molecular flexibility index (Phi) is 9.89. The van der Waals surface area contributed by atoms with E-state index in [1.165, 1.54) is 30.0 Å². The molecule has 13 heteroatoms. The van der Waals surface area contributed by atoms with Gasteiger partial charge in [-0.1, -0.05) is 52.6 Å². The van der Waals surface area contributed by atoms with Gasteiger partial charge in [0.25, 0.3) is 0 Å². The van der Waals surface area contributed by atoms with Crippen LogP contribution in [0, 0.1) is 0 Å². The van der Waals surface area contributed by atoms with Crippen molar-refractivity contribution in [2.45, 2.75) is 11.7 Å². The van der Waals surface area contributed by atoms with Crippen LogP contribution >= 0.6 is 46.6 Å². The van der Waals surface area contributed by atoms with Gasteiger partial charge in [-0.2, -0.15) is 0 Å². The number of rotatable bonds is 10. The molecule has 0 aliphatic heterocycles. The van der Waals surface area contributed by atoms with E-state index in [1.807, 2.05) is 6.07 Å². The van der Waals surface area contributed by atoms with E-state index in [1.54, 1.807) is 44.0 Å². The number of hydrogen-bond acceptors (Lipinski definition) is 7. The van der Waals surface area contributed by atoms with Gasteiger partial charge in [-0.25, -0.2) is 0 Å². The fraction of sp³-hybridized carbons (Fsp3) is 0.217. The molecule has 0 bridgehead atoms. The zero-order chi connectivity index (χ0) is 26.2.